The zero-order valence-corrected chi connectivity index (χ0v) is 19.1. The molecular weight excluding hydrogens is 550 g/mol. The summed E-state index contributed by atoms with van der Waals surface area (Å²) in [6.45, 7) is 0.882. The van der Waals surface area contributed by atoms with Gasteiger partial charge in [-0.3, -0.25) is 4.79 Å². The fraction of sp³-hybridized carbons (Fsp3) is 0.222. The normalized spacial score (nSPS) is 13.8. The molecular formula is C18H14ClF2IN5O2P. The van der Waals surface area contributed by atoms with E-state index < -0.39 is 6.43 Å². The minimum Gasteiger partial charge on any atom is -0.438 e. The standard InChI is InChI=1S/C18H14ClF2IN5O2P/c19-15-13(7-25-27(30-22)18(15)28)26-6-5-10-12(8-26)23-9-24-17(10)29-14-4-2-1-3-11(14)16(20)21/h1-4,7,9,16,30H,5-6,8H2. The summed E-state index contributed by atoms with van der Waals surface area (Å²) in [5.41, 5.74) is 1.41. The maximum absolute atomic E-state index is 13.3. The maximum Gasteiger partial charge on any atom is 0.291 e. The van der Waals surface area contributed by atoms with Crippen LogP contribution in [0.4, 0.5) is 14.5 Å². The smallest absolute Gasteiger partial charge is 0.291 e. The van der Waals surface area contributed by atoms with Gasteiger partial charge in [-0.05, 0) is 40.6 Å². The number of benzene rings is 1. The molecule has 0 radical (unpaired) electrons. The summed E-state index contributed by atoms with van der Waals surface area (Å²) in [4.78, 5) is 22.7. The molecule has 0 spiro atoms. The highest BCUT2D eigenvalue weighted by Gasteiger charge is 2.25. The Morgan fingerprint density at radius 1 is 1.27 bits per heavy atom. The first kappa shape index (κ1) is 21.3. The summed E-state index contributed by atoms with van der Waals surface area (Å²) >= 11 is 8.34. The van der Waals surface area contributed by atoms with Gasteiger partial charge in [-0.2, -0.15) is 5.10 Å². The van der Waals surface area contributed by atoms with Crippen molar-refractivity contribution in [3.05, 3.63) is 69.0 Å². The molecule has 0 bridgehead atoms. The van der Waals surface area contributed by atoms with Crippen molar-refractivity contribution in [2.45, 2.75) is 19.4 Å². The third-order valence-corrected chi connectivity index (χ3v) is 6.85. The Hall–Kier alpha value is -1.91. The van der Waals surface area contributed by atoms with Gasteiger partial charge in [0.2, 0.25) is 5.88 Å². The zero-order valence-electron chi connectivity index (χ0n) is 15.2. The summed E-state index contributed by atoms with van der Waals surface area (Å²) in [6.07, 6.45) is 0.888. The number of hydrogen-bond acceptors (Lipinski definition) is 6. The van der Waals surface area contributed by atoms with Crippen LogP contribution < -0.4 is 15.2 Å². The van der Waals surface area contributed by atoms with Crippen LogP contribution in [-0.2, 0) is 13.0 Å². The van der Waals surface area contributed by atoms with Crippen LogP contribution in [0.2, 0.25) is 5.02 Å². The van der Waals surface area contributed by atoms with Crippen LogP contribution in [0.3, 0.4) is 0 Å². The molecule has 3 aromatic rings. The molecule has 1 aliphatic heterocycles. The Labute approximate surface area is 189 Å². The molecule has 0 N–H and O–H groups in total. The molecule has 156 valence electrons. The lowest BCUT2D eigenvalue weighted by atomic mass is 10.1. The van der Waals surface area contributed by atoms with E-state index in [2.05, 4.69) is 37.1 Å². The molecule has 4 rings (SSSR count). The SMILES string of the molecule is O=c1c(Cl)c(N2CCc3c(ncnc3Oc3ccccc3C(F)F)C2)cnn1PI. The van der Waals surface area contributed by atoms with Crippen LogP contribution in [0.25, 0.3) is 0 Å². The van der Waals surface area contributed by atoms with E-state index in [1.54, 1.807) is 12.3 Å². The molecule has 1 aromatic carbocycles. The average Bonchev–Trinajstić information content (AvgIpc) is 2.75. The van der Waals surface area contributed by atoms with Crippen molar-refractivity contribution in [2.24, 2.45) is 0 Å². The van der Waals surface area contributed by atoms with Gasteiger partial charge in [0.15, 0.2) is 0 Å². The van der Waals surface area contributed by atoms with Gasteiger partial charge in [-0.25, -0.2) is 23.2 Å². The predicted octanol–water partition coefficient (Wildman–Crippen LogP) is 4.77. The van der Waals surface area contributed by atoms with E-state index in [-0.39, 0.29) is 34.1 Å². The Bertz CT molecular complexity index is 1150. The molecule has 0 amide bonds. The first-order valence-electron chi connectivity index (χ1n) is 8.76. The first-order valence-corrected chi connectivity index (χ1v) is 13.2. The second-order valence-electron chi connectivity index (χ2n) is 6.36. The lowest BCUT2D eigenvalue weighted by Crippen LogP contribution is -2.33. The summed E-state index contributed by atoms with van der Waals surface area (Å²) in [6, 6.07) is 5.97. The van der Waals surface area contributed by atoms with Crippen LogP contribution in [0, 0.1) is 0 Å². The van der Waals surface area contributed by atoms with Crippen molar-refractivity contribution in [2.75, 3.05) is 11.4 Å². The summed E-state index contributed by atoms with van der Waals surface area (Å²) < 4.78 is 33.6. The molecule has 0 saturated carbocycles. The second kappa shape index (κ2) is 9.07. The number of nitrogens with zero attached hydrogens (tertiary/aromatic N) is 5. The number of ether oxygens (including phenoxy) is 1. The van der Waals surface area contributed by atoms with Crippen molar-refractivity contribution in [3.63, 3.8) is 0 Å². The minimum absolute atomic E-state index is 0.0614. The number of alkyl halides is 2. The van der Waals surface area contributed by atoms with Crippen molar-refractivity contribution in [3.8, 4) is 11.6 Å². The topological polar surface area (TPSA) is 73.1 Å². The molecule has 2 aromatic heterocycles. The van der Waals surface area contributed by atoms with Crippen molar-refractivity contribution < 1.29 is 13.5 Å². The fourth-order valence-corrected chi connectivity index (χ4v) is 4.82. The molecule has 0 fully saturated rings. The average molecular weight is 564 g/mol. The molecule has 7 nitrogen and oxygen atoms in total. The van der Waals surface area contributed by atoms with Crippen LogP contribution in [0.5, 0.6) is 11.6 Å². The fourth-order valence-electron chi connectivity index (χ4n) is 3.18. The maximum atomic E-state index is 13.3. The van der Waals surface area contributed by atoms with Gasteiger partial charge in [0.25, 0.3) is 12.0 Å². The Morgan fingerprint density at radius 2 is 2.07 bits per heavy atom. The Balaban J connectivity index is 1.63. The molecule has 1 unspecified atom stereocenters. The van der Waals surface area contributed by atoms with Crippen LogP contribution in [-0.4, -0.2) is 26.1 Å². The van der Waals surface area contributed by atoms with E-state index in [4.69, 9.17) is 16.3 Å². The molecule has 0 saturated heterocycles. The lowest BCUT2D eigenvalue weighted by molar-refractivity contribution is 0.148. The van der Waals surface area contributed by atoms with E-state index in [1.165, 1.54) is 29.0 Å². The van der Waals surface area contributed by atoms with Crippen LogP contribution >= 0.6 is 40.0 Å². The minimum atomic E-state index is -2.66. The van der Waals surface area contributed by atoms with Gasteiger partial charge >= 0.3 is 0 Å². The van der Waals surface area contributed by atoms with Gasteiger partial charge in [0, 0.05) is 12.1 Å². The van der Waals surface area contributed by atoms with Crippen LogP contribution in [0.15, 0.2) is 41.6 Å². The lowest BCUT2D eigenvalue weighted by Gasteiger charge is -2.30. The van der Waals surface area contributed by atoms with Crippen molar-refractivity contribution in [1.29, 1.82) is 0 Å². The molecule has 1 aliphatic rings. The summed E-state index contributed by atoms with van der Waals surface area (Å²) in [5, 5.41) is 4.25. The zero-order chi connectivity index (χ0) is 21.3. The quantitative estimate of drug-likeness (QED) is 0.329. The van der Waals surface area contributed by atoms with Gasteiger partial charge in [0.1, 0.15) is 17.1 Å². The largest absolute Gasteiger partial charge is 0.438 e. The highest BCUT2D eigenvalue weighted by molar-refractivity contribution is 14.2. The Kier molecular flexibility index (Phi) is 6.45. The number of halogens is 4. The number of para-hydroxylation sites is 1. The first-order chi connectivity index (χ1) is 14.5. The number of anilines is 1. The molecule has 12 heteroatoms. The Morgan fingerprint density at radius 3 is 2.83 bits per heavy atom. The van der Waals surface area contributed by atoms with E-state index in [0.717, 1.165) is 5.56 Å². The van der Waals surface area contributed by atoms with Gasteiger partial charge < -0.3 is 9.64 Å². The number of fused-ring (bicyclic) bond motifs is 1. The number of hydrogen-bond donors (Lipinski definition) is 0. The summed E-state index contributed by atoms with van der Waals surface area (Å²) in [7, 11) is 0. The third-order valence-electron chi connectivity index (χ3n) is 4.65. The second-order valence-corrected chi connectivity index (χ2v) is 8.78. The van der Waals surface area contributed by atoms with E-state index in [9.17, 15) is 13.6 Å². The van der Waals surface area contributed by atoms with Gasteiger partial charge in [0.05, 0.1) is 36.1 Å². The third kappa shape index (κ3) is 4.13. The molecule has 30 heavy (non-hydrogen) atoms. The van der Waals surface area contributed by atoms with Crippen LogP contribution in [0.1, 0.15) is 23.2 Å². The molecule has 3 heterocycles. The van der Waals surface area contributed by atoms with E-state index >= 15 is 0 Å². The number of aromatic nitrogens is 4. The van der Waals surface area contributed by atoms with Gasteiger partial charge in [-0.1, -0.05) is 23.7 Å². The van der Waals surface area contributed by atoms with Crippen molar-refractivity contribution >= 4 is 45.7 Å². The molecule has 1 atom stereocenters. The molecule has 0 aliphatic carbocycles. The highest BCUT2D eigenvalue weighted by atomic mass is 127. The number of rotatable bonds is 5. The van der Waals surface area contributed by atoms with Crippen molar-refractivity contribution in [1.82, 2.24) is 19.5 Å². The van der Waals surface area contributed by atoms with E-state index in [1.807, 2.05) is 4.90 Å². The van der Waals surface area contributed by atoms with E-state index in [0.29, 0.717) is 30.9 Å². The summed E-state index contributed by atoms with van der Waals surface area (Å²) in [5.74, 6) is 0.310. The van der Waals surface area contributed by atoms with Gasteiger partial charge in [-0.15, -0.1) is 0 Å². The predicted molar refractivity (Wildman–Crippen MR) is 119 cm³/mol. The monoisotopic (exact) mass is 563 g/mol. The highest BCUT2D eigenvalue weighted by Crippen LogP contribution is 2.35.